The molecule has 1 aliphatic rings. The molecule has 2 aromatic rings. The second-order valence-electron chi connectivity index (χ2n) is 5.86. The van der Waals surface area contributed by atoms with Gasteiger partial charge in [0, 0.05) is 19.5 Å². The molecule has 2 aromatic heterocycles. The number of imidazole rings is 1. The molecule has 2 heterocycles. The quantitative estimate of drug-likeness (QED) is 0.919. The molecular formula is C15H22N4. The van der Waals surface area contributed by atoms with E-state index in [1.807, 2.05) is 25.1 Å². The van der Waals surface area contributed by atoms with E-state index in [4.69, 9.17) is 4.98 Å². The van der Waals surface area contributed by atoms with E-state index in [0.717, 1.165) is 29.2 Å². The first-order valence-corrected chi connectivity index (χ1v) is 7.19. The van der Waals surface area contributed by atoms with Crippen molar-refractivity contribution in [3.8, 4) is 0 Å². The van der Waals surface area contributed by atoms with E-state index in [-0.39, 0.29) is 5.41 Å². The van der Waals surface area contributed by atoms with E-state index in [1.165, 1.54) is 25.7 Å². The van der Waals surface area contributed by atoms with Crippen molar-refractivity contribution < 1.29 is 0 Å². The number of fused-ring (bicyclic) bond motifs is 1. The fraction of sp³-hybridized carbons (Fsp3) is 0.600. The van der Waals surface area contributed by atoms with E-state index >= 15 is 0 Å². The second-order valence-corrected chi connectivity index (χ2v) is 5.86. The third kappa shape index (κ3) is 1.99. The average Bonchev–Trinajstić information content (AvgIpc) is 3.04. The van der Waals surface area contributed by atoms with Crippen molar-refractivity contribution in [3.63, 3.8) is 0 Å². The summed E-state index contributed by atoms with van der Waals surface area (Å²) in [6.45, 7) is 2.27. The SMILES string of the molecule is CCC1(c2nc3nc(N(C)C)ccc3[nH]2)CCCC1. The second kappa shape index (κ2) is 4.51. The fourth-order valence-corrected chi connectivity index (χ4v) is 3.19. The summed E-state index contributed by atoms with van der Waals surface area (Å²) in [5, 5.41) is 0. The van der Waals surface area contributed by atoms with Crippen LogP contribution in [0.1, 0.15) is 44.9 Å². The molecule has 19 heavy (non-hydrogen) atoms. The molecule has 0 radical (unpaired) electrons. The molecule has 0 aliphatic heterocycles. The molecule has 4 nitrogen and oxygen atoms in total. The lowest BCUT2D eigenvalue weighted by Gasteiger charge is -2.24. The summed E-state index contributed by atoms with van der Waals surface area (Å²) in [7, 11) is 4.01. The fourth-order valence-electron chi connectivity index (χ4n) is 3.19. The number of anilines is 1. The number of hydrogen-bond acceptors (Lipinski definition) is 3. The zero-order valence-corrected chi connectivity index (χ0v) is 12.0. The van der Waals surface area contributed by atoms with Crippen molar-refractivity contribution in [1.82, 2.24) is 15.0 Å². The summed E-state index contributed by atoms with van der Waals surface area (Å²) in [6.07, 6.45) is 6.31. The highest BCUT2D eigenvalue weighted by Crippen LogP contribution is 2.42. The van der Waals surface area contributed by atoms with Gasteiger partial charge in [0.2, 0.25) is 0 Å². The van der Waals surface area contributed by atoms with Crippen molar-refractivity contribution in [2.24, 2.45) is 0 Å². The molecule has 0 aromatic carbocycles. The summed E-state index contributed by atoms with van der Waals surface area (Å²) in [4.78, 5) is 14.9. The smallest absolute Gasteiger partial charge is 0.179 e. The van der Waals surface area contributed by atoms with Crippen molar-refractivity contribution in [3.05, 3.63) is 18.0 Å². The molecule has 4 heteroatoms. The summed E-state index contributed by atoms with van der Waals surface area (Å²) in [6, 6.07) is 4.13. The van der Waals surface area contributed by atoms with Crippen LogP contribution in [0, 0.1) is 0 Å². The van der Waals surface area contributed by atoms with Crippen LogP contribution in [0.25, 0.3) is 11.2 Å². The summed E-state index contributed by atoms with van der Waals surface area (Å²) >= 11 is 0. The maximum absolute atomic E-state index is 4.79. The molecular weight excluding hydrogens is 236 g/mol. The van der Waals surface area contributed by atoms with E-state index < -0.39 is 0 Å². The number of pyridine rings is 1. The Labute approximate surface area is 114 Å². The van der Waals surface area contributed by atoms with E-state index in [9.17, 15) is 0 Å². The van der Waals surface area contributed by atoms with Crippen LogP contribution >= 0.6 is 0 Å². The minimum atomic E-state index is 0.263. The van der Waals surface area contributed by atoms with Crippen LogP contribution in [0.4, 0.5) is 5.82 Å². The minimum Gasteiger partial charge on any atom is -0.363 e. The van der Waals surface area contributed by atoms with Gasteiger partial charge in [-0.2, -0.15) is 0 Å². The highest BCUT2D eigenvalue weighted by atomic mass is 15.2. The number of nitrogens with one attached hydrogen (secondary N) is 1. The maximum atomic E-state index is 4.79. The summed E-state index contributed by atoms with van der Waals surface area (Å²) < 4.78 is 0. The molecule has 1 fully saturated rings. The Morgan fingerprint density at radius 3 is 2.58 bits per heavy atom. The number of aromatic nitrogens is 3. The monoisotopic (exact) mass is 258 g/mol. The lowest BCUT2D eigenvalue weighted by Crippen LogP contribution is -2.22. The Morgan fingerprint density at radius 2 is 1.95 bits per heavy atom. The van der Waals surface area contributed by atoms with Crippen molar-refractivity contribution in [2.75, 3.05) is 19.0 Å². The van der Waals surface area contributed by atoms with Crippen LogP contribution in [0.5, 0.6) is 0 Å². The average molecular weight is 258 g/mol. The molecule has 0 saturated heterocycles. The largest absolute Gasteiger partial charge is 0.363 e. The molecule has 3 rings (SSSR count). The van der Waals surface area contributed by atoms with Crippen LogP contribution < -0.4 is 4.90 Å². The zero-order valence-electron chi connectivity index (χ0n) is 12.0. The van der Waals surface area contributed by atoms with E-state index in [1.54, 1.807) is 0 Å². The maximum Gasteiger partial charge on any atom is 0.179 e. The Balaban J connectivity index is 2.06. The van der Waals surface area contributed by atoms with Gasteiger partial charge in [-0.05, 0) is 31.4 Å². The van der Waals surface area contributed by atoms with Crippen LogP contribution in [0.3, 0.4) is 0 Å². The van der Waals surface area contributed by atoms with Gasteiger partial charge >= 0.3 is 0 Å². The van der Waals surface area contributed by atoms with Crippen LogP contribution in [-0.4, -0.2) is 29.0 Å². The van der Waals surface area contributed by atoms with Crippen LogP contribution in [0.15, 0.2) is 12.1 Å². The molecule has 102 valence electrons. The predicted octanol–water partition coefficient (Wildman–Crippen LogP) is 3.25. The van der Waals surface area contributed by atoms with Crippen molar-refractivity contribution in [1.29, 1.82) is 0 Å². The molecule has 0 bridgehead atoms. The molecule has 0 atom stereocenters. The predicted molar refractivity (Wildman–Crippen MR) is 78.7 cm³/mol. The third-order valence-electron chi connectivity index (χ3n) is 4.53. The molecule has 1 saturated carbocycles. The van der Waals surface area contributed by atoms with Gasteiger partial charge in [-0.3, -0.25) is 0 Å². The van der Waals surface area contributed by atoms with Gasteiger partial charge in [0.25, 0.3) is 0 Å². The zero-order chi connectivity index (χ0) is 13.5. The van der Waals surface area contributed by atoms with E-state index in [2.05, 4.69) is 23.0 Å². The van der Waals surface area contributed by atoms with Crippen molar-refractivity contribution >= 4 is 17.0 Å². The van der Waals surface area contributed by atoms with Crippen molar-refractivity contribution in [2.45, 2.75) is 44.4 Å². The topological polar surface area (TPSA) is 44.8 Å². The standard InChI is InChI=1S/C15H22N4/c1-4-15(9-5-6-10-15)14-16-11-7-8-12(19(2)3)17-13(11)18-14/h7-8H,4-6,9-10H2,1-3H3,(H,16,17,18). The summed E-state index contributed by atoms with van der Waals surface area (Å²) in [5.74, 6) is 2.11. The first kappa shape index (κ1) is 12.5. The number of H-pyrrole nitrogens is 1. The summed E-state index contributed by atoms with van der Waals surface area (Å²) in [5.41, 5.74) is 2.17. The van der Waals surface area contributed by atoms with Gasteiger partial charge in [-0.1, -0.05) is 19.8 Å². The van der Waals surface area contributed by atoms with Gasteiger partial charge in [0.1, 0.15) is 11.6 Å². The normalized spacial score (nSPS) is 18.1. The first-order valence-electron chi connectivity index (χ1n) is 7.19. The Kier molecular flexibility index (Phi) is 2.96. The number of aromatic amines is 1. The number of rotatable bonds is 3. The van der Waals surface area contributed by atoms with E-state index in [0.29, 0.717) is 0 Å². The van der Waals surface area contributed by atoms with Crippen LogP contribution in [0.2, 0.25) is 0 Å². The third-order valence-corrected chi connectivity index (χ3v) is 4.53. The molecule has 0 unspecified atom stereocenters. The van der Waals surface area contributed by atoms with Gasteiger partial charge in [0.15, 0.2) is 5.65 Å². The van der Waals surface area contributed by atoms with Gasteiger partial charge in [-0.15, -0.1) is 0 Å². The molecule has 0 amide bonds. The minimum absolute atomic E-state index is 0.263. The van der Waals surface area contributed by atoms with Gasteiger partial charge in [0.05, 0.1) is 5.52 Å². The number of nitrogens with zero attached hydrogens (tertiary/aromatic N) is 3. The van der Waals surface area contributed by atoms with Gasteiger partial charge in [-0.25, -0.2) is 9.97 Å². The molecule has 1 aliphatic carbocycles. The highest BCUT2D eigenvalue weighted by Gasteiger charge is 2.36. The van der Waals surface area contributed by atoms with Crippen LogP contribution in [-0.2, 0) is 5.41 Å². The number of hydrogen-bond donors (Lipinski definition) is 1. The Hall–Kier alpha value is -1.58. The van der Waals surface area contributed by atoms with Gasteiger partial charge < -0.3 is 9.88 Å². The lowest BCUT2D eigenvalue weighted by atomic mass is 9.83. The Morgan fingerprint density at radius 1 is 1.21 bits per heavy atom. The highest BCUT2D eigenvalue weighted by molar-refractivity contribution is 5.73. The molecule has 1 N–H and O–H groups in total. The first-order chi connectivity index (χ1) is 9.14. The lowest BCUT2D eigenvalue weighted by molar-refractivity contribution is 0.403. The molecule has 0 spiro atoms. The Bertz CT molecular complexity index is 579.